The van der Waals surface area contributed by atoms with Crippen molar-refractivity contribution < 1.29 is 22.7 Å². The van der Waals surface area contributed by atoms with Crippen LogP contribution in [0.25, 0.3) is 0 Å². The van der Waals surface area contributed by atoms with Crippen molar-refractivity contribution in [1.82, 2.24) is 5.32 Å². The van der Waals surface area contributed by atoms with Gasteiger partial charge in [0.15, 0.2) is 9.84 Å². The number of nitrogens with two attached hydrogens (primary N) is 1. The molecule has 8 heteroatoms. The van der Waals surface area contributed by atoms with Gasteiger partial charge >= 0.3 is 6.09 Å². The topological polar surface area (TPSA) is 108 Å². The van der Waals surface area contributed by atoms with Crippen LogP contribution >= 0.6 is 0 Å². The third-order valence-corrected chi connectivity index (χ3v) is 5.88. The third-order valence-electron chi connectivity index (χ3n) is 4.26. The van der Waals surface area contributed by atoms with E-state index in [9.17, 15) is 13.2 Å². The summed E-state index contributed by atoms with van der Waals surface area (Å²) in [7, 11) is -1.88. The molecule has 0 bridgehead atoms. The summed E-state index contributed by atoms with van der Waals surface area (Å²) < 4.78 is 34.9. The van der Waals surface area contributed by atoms with Gasteiger partial charge in [-0.15, -0.1) is 0 Å². The maximum Gasteiger partial charge on any atom is 0.408 e. The molecule has 0 aliphatic heterocycles. The molecule has 0 aromatic heterocycles. The SMILES string of the molecule is COc1ccc([C@@H]2[C@@H](S(C)(=O)=O)[C@@]2(CN)NC(=O)OC(C)(C)C)cc1. The van der Waals surface area contributed by atoms with Crippen LogP contribution in [0.15, 0.2) is 24.3 Å². The number of ether oxygens (including phenoxy) is 2. The highest BCUT2D eigenvalue weighted by atomic mass is 32.2. The van der Waals surface area contributed by atoms with Gasteiger partial charge in [0.25, 0.3) is 0 Å². The van der Waals surface area contributed by atoms with Crippen molar-refractivity contribution in [2.45, 2.75) is 43.1 Å². The number of carbonyl (C=O) groups is 1. The second-order valence-corrected chi connectivity index (χ2v) is 9.54. The van der Waals surface area contributed by atoms with Gasteiger partial charge < -0.3 is 20.5 Å². The van der Waals surface area contributed by atoms with Crippen LogP contribution in [0.2, 0.25) is 0 Å². The molecule has 3 atom stereocenters. The van der Waals surface area contributed by atoms with Crippen LogP contribution in [0.3, 0.4) is 0 Å². The van der Waals surface area contributed by atoms with E-state index in [2.05, 4.69) is 5.32 Å². The molecule has 1 aliphatic carbocycles. The molecule has 7 nitrogen and oxygen atoms in total. The van der Waals surface area contributed by atoms with Crippen molar-refractivity contribution in [1.29, 1.82) is 0 Å². The molecule has 0 spiro atoms. The fourth-order valence-electron chi connectivity index (χ4n) is 3.25. The van der Waals surface area contributed by atoms with Gasteiger partial charge in [0.05, 0.1) is 17.9 Å². The number of methoxy groups -OCH3 is 1. The molecule has 1 aromatic rings. The third kappa shape index (κ3) is 4.07. The van der Waals surface area contributed by atoms with E-state index in [1.807, 2.05) is 0 Å². The minimum atomic E-state index is -3.43. The minimum Gasteiger partial charge on any atom is -0.497 e. The largest absolute Gasteiger partial charge is 0.497 e. The van der Waals surface area contributed by atoms with Gasteiger partial charge in [0.1, 0.15) is 11.4 Å². The number of amides is 1. The summed E-state index contributed by atoms with van der Waals surface area (Å²) in [4.78, 5) is 12.2. The average Bonchev–Trinajstić information content (AvgIpc) is 3.14. The van der Waals surface area contributed by atoms with Gasteiger partial charge in [-0.25, -0.2) is 13.2 Å². The molecular formula is C17H26N2O5S. The Bertz CT molecular complexity index is 739. The molecule has 0 heterocycles. The lowest BCUT2D eigenvalue weighted by Gasteiger charge is -2.24. The maximum absolute atomic E-state index is 12.3. The van der Waals surface area contributed by atoms with Gasteiger partial charge in [0.2, 0.25) is 0 Å². The van der Waals surface area contributed by atoms with E-state index in [0.717, 1.165) is 11.8 Å². The van der Waals surface area contributed by atoms with Crippen LogP contribution in [0.4, 0.5) is 4.79 Å². The summed E-state index contributed by atoms with van der Waals surface area (Å²) in [5.74, 6) is 0.227. The van der Waals surface area contributed by atoms with E-state index in [4.69, 9.17) is 15.2 Å². The molecule has 1 fully saturated rings. The van der Waals surface area contributed by atoms with Crippen LogP contribution in [-0.2, 0) is 14.6 Å². The van der Waals surface area contributed by atoms with Crippen LogP contribution in [-0.4, -0.2) is 50.8 Å². The summed E-state index contributed by atoms with van der Waals surface area (Å²) in [6, 6.07) is 7.08. The fourth-order valence-corrected chi connectivity index (χ4v) is 5.14. The molecular weight excluding hydrogens is 344 g/mol. The number of carbonyl (C=O) groups excluding carboxylic acids is 1. The summed E-state index contributed by atoms with van der Waals surface area (Å²) in [6.07, 6.45) is 0.477. The standard InChI is InChI=1S/C17H26N2O5S/c1-16(2,3)24-15(20)19-17(10-18)13(14(17)25(5,21)22)11-6-8-12(23-4)9-7-11/h6-9,13-14H,10,18H2,1-5H3,(H,19,20)/t13-,14-,17+/m1/s1. The van der Waals surface area contributed by atoms with E-state index in [0.29, 0.717) is 5.75 Å². The van der Waals surface area contributed by atoms with Gasteiger partial charge in [-0.2, -0.15) is 0 Å². The highest BCUT2D eigenvalue weighted by molar-refractivity contribution is 7.91. The molecule has 2 rings (SSSR count). The Morgan fingerprint density at radius 3 is 2.24 bits per heavy atom. The van der Waals surface area contributed by atoms with Crippen molar-refractivity contribution >= 4 is 15.9 Å². The van der Waals surface area contributed by atoms with Crippen LogP contribution in [0.1, 0.15) is 32.3 Å². The number of benzene rings is 1. The Morgan fingerprint density at radius 1 is 1.28 bits per heavy atom. The van der Waals surface area contributed by atoms with Crippen molar-refractivity contribution in [3.63, 3.8) is 0 Å². The molecule has 1 amide bonds. The van der Waals surface area contributed by atoms with Crippen molar-refractivity contribution in [2.75, 3.05) is 19.9 Å². The molecule has 0 saturated heterocycles. The first kappa shape index (κ1) is 19.5. The van der Waals surface area contributed by atoms with Gasteiger partial charge in [0, 0.05) is 18.7 Å². The molecule has 1 aromatic carbocycles. The van der Waals surface area contributed by atoms with Crippen molar-refractivity contribution in [3.8, 4) is 5.75 Å². The Labute approximate surface area is 148 Å². The zero-order chi connectivity index (χ0) is 19.0. The van der Waals surface area contributed by atoms with Crippen molar-refractivity contribution in [3.05, 3.63) is 29.8 Å². The fraction of sp³-hybridized carbons (Fsp3) is 0.588. The Hall–Kier alpha value is -1.80. The quantitative estimate of drug-likeness (QED) is 0.812. The zero-order valence-corrected chi connectivity index (χ0v) is 16.0. The Kier molecular flexibility index (Phi) is 5.07. The number of rotatable bonds is 5. The summed E-state index contributed by atoms with van der Waals surface area (Å²) in [5.41, 5.74) is 4.90. The highest BCUT2D eigenvalue weighted by Crippen LogP contribution is 2.55. The lowest BCUT2D eigenvalue weighted by molar-refractivity contribution is 0.0497. The van der Waals surface area contributed by atoms with Crippen LogP contribution in [0, 0.1) is 0 Å². The second-order valence-electron chi connectivity index (χ2n) is 7.37. The van der Waals surface area contributed by atoms with Crippen LogP contribution in [0.5, 0.6) is 5.75 Å². The Morgan fingerprint density at radius 2 is 1.84 bits per heavy atom. The maximum atomic E-state index is 12.3. The summed E-state index contributed by atoms with van der Waals surface area (Å²) >= 11 is 0. The lowest BCUT2D eigenvalue weighted by atomic mass is 10.1. The molecule has 25 heavy (non-hydrogen) atoms. The predicted octanol–water partition coefficient (Wildman–Crippen LogP) is 1.43. The minimum absolute atomic E-state index is 0.0132. The number of sulfone groups is 1. The van der Waals surface area contributed by atoms with E-state index < -0.39 is 38.2 Å². The smallest absolute Gasteiger partial charge is 0.408 e. The van der Waals surface area contributed by atoms with Gasteiger partial charge in [-0.1, -0.05) is 12.1 Å². The Balaban J connectivity index is 2.34. The van der Waals surface area contributed by atoms with Gasteiger partial charge in [-0.3, -0.25) is 0 Å². The first-order valence-electron chi connectivity index (χ1n) is 7.98. The van der Waals surface area contributed by atoms with E-state index in [1.165, 1.54) is 0 Å². The first-order valence-corrected chi connectivity index (χ1v) is 9.94. The molecule has 1 aliphatic rings. The van der Waals surface area contributed by atoms with E-state index >= 15 is 0 Å². The molecule has 1 saturated carbocycles. The van der Waals surface area contributed by atoms with E-state index in [-0.39, 0.29) is 6.54 Å². The van der Waals surface area contributed by atoms with Crippen LogP contribution < -0.4 is 15.8 Å². The normalized spacial score (nSPS) is 26.0. The molecule has 140 valence electrons. The lowest BCUT2D eigenvalue weighted by Crippen LogP contribution is -2.48. The number of nitrogens with one attached hydrogen (secondary N) is 1. The first-order chi connectivity index (χ1) is 11.4. The summed E-state index contributed by atoms with van der Waals surface area (Å²) in [6.45, 7) is 5.21. The zero-order valence-electron chi connectivity index (χ0n) is 15.2. The number of hydrogen-bond acceptors (Lipinski definition) is 6. The monoisotopic (exact) mass is 370 g/mol. The predicted molar refractivity (Wildman–Crippen MR) is 95.5 cm³/mol. The molecule has 0 unspecified atom stereocenters. The molecule has 0 radical (unpaired) electrons. The van der Waals surface area contributed by atoms with Gasteiger partial charge in [-0.05, 0) is 38.5 Å². The number of hydrogen-bond donors (Lipinski definition) is 2. The molecule has 3 N–H and O–H groups in total. The van der Waals surface area contributed by atoms with Crippen molar-refractivity contribution in [2.24, 2.45) is 5.73 Å². The highest BCUT2D eigenvalue weighted by Gasteiger charge is 2.70. The average molecular weight is 370 g/mol. The summed E-state index contributed by atoms with van der Waals surface area (Å²) in [5, 5.41) is 1.91. The van der Waals surface area contributed by atoms with E-state index in [1.54, 1.807) is 52.1 Å². The number of alkyl carbamates (subject to hydrolysis) is 1. The second kappa shape index (κ2) is 6.49.